The zero-order chi connectivity index (χ0) is 7.61. The average molecular weight is 148 g/mol. The fraction of sp³-hybridized carbons (Fsp3) is 0.857. The summed E-state index contributed by atoms with van der Waals surface area (Å²) in [7, 11) is 0. The number of hydrogen-bond acceptors (Lipinski definition) is 1. The van der Waals surface area contributed by atoms with Crippen molar-refractivity contribution in [3.63, 3.8) is 0 Å². The monoisotopic (exact) mass is 148 g/mol. The molecule has 0 aromatic heterocycles. The lowest BCUT2D eigenvalue weighted by molar-refractivity contribution is -0.143. The van der Waals surface area contributed by atoms with Crippen LogP contribution in [0.3, 0.4) is 0 Å². The molecule has 3 heteroatoms. The van der Waals surface area contributed by atoms with Gasteiger partial charge in [0.2, 0.25) is 5.78 Å². The van der Waals surface area contributed by atoms with E-state index >= 15 is 0 Å². The summed E-state index contributed by atoms with van der Waals surface area (Å²) in [6.07, 6.45) is 1.70. The van der Waals surface area contributed by atoms with E-state index in [1.165, 1.54) is 0 Å². The molecule has 0 radical (unpaired) electrons. The van der Waals surface area contributed by atoms with E-state index in [1.54, 1.807) is 0 Å². The summed E-state index contributed by atoms with van der Waals surface area (Å²) in [6, 6.07) is 0. The molecule has 1 rings (SSSR count). The third kappa shape index (κ3) is 1.52. The molecule has 1 nitrogen and oxygen atoms in total. The Morgan fingerprint density at radius 3 is 2.60 bits per heavy atom. The van der Waals surface area contributed by atoms with Gasteiger partial charge in [0.1, 0.15) is 0 Å². The second kappa shape index (κ2) is 2.64. The first-order valence-electron chi connectivity index (χ1n) is 3.54. The zero-order valence-corrected chi connectivity index (χ0v) is 5.70. The second-order valence-electron chi connectivity index (χ2n) is 2.69. The van der Waals surface area contributed by atoms with E-state index in [-0.39, 0.29) is 12.8 Å². The van der Waals surface area contributed by atoms with Crippen molar-refractivity contribution < 1.29 is 13.6 Å². The van der Waals surface area contributed by atoms with E-state index in [0.717, 1.165) is 6.42 Å². The predicted octanol–water partition coefficient (Wildman–Crippen LogP) is 2.15. The summed E-state index contributed by atoms with van der Waals surface area (Å²) < 4.78 is 25.0. The van der Waals surface area contributed by atoms with Crippen LogP contribution in [0.1, 0.15) is 32.1 Å². The van der Waals surface area contributed by atoms with Crippen LogP contribution in [0.25, 0.3) is 0 Å². The molecular formula is C7H10F2O. The van der Waals surface area contributed by atoms with Gasteiger partial charge < -0.3 is 0 Å². The number of alkyl halides is 2. The van der Waals surface area contributed by atoms with Gasteiger partial charge in [-0.2, -0.15) is 8.78 Å². The zero-order valence-electron chi connectivity index (χ0n) is 5.70. The molecule has 0 atom stereocenters. The third-order valence-corrected chi connectivity index (χ3v) is 1.80. The van der Waals surface area contributed by atoms with Gasteiger partial charge in [-0.25, -0.2) is 0 Å². The standard InChI is InChI=1S/C7H10F2O/c8-7(9)5-3-1-2-4-6(7)10/h1-5H2. The van der Waals surface area contributed by atoms with Gasteiger partial charge in [0.25, 0.3) is 0 Å². The average Bonchev–Trinajstić information content (AvgIpc) is 1.96. The maximum absolute atomic E-state index is 12.5. The first kappa shape index (κ1) is 7.63. The van der Waals surface area contributed by atoms with Crippen molar-refractivity contribution in [3.8, 4) is 0 Å². The van der Waals surface area contributed by atoms with Crippen LogP contribution in [0.5, 0.6) is 0 Å². The normalized spacial score (nSPS) is 26.0. The SMILES string of the molecule is O=C1CCCCCC1(F)F. The predicted molar refractivity (Wildman–Crippen MR) is 33.0 cm³/mol. The highest BCUT2D eigenvalue weighted by molar-refractivity contribution is 5.85. The van der Waals surface area contributed by atoms with Gasteiger partial charge in [-0.1, -0.05) is 6.42 Å². The van der Waals surface area contributed by atoms with Crippen LogP contribution in [0, 0.1) is 0 Å². The maximum atomic E-state index is 12.5. The van der Waals surface area contributed by atoms with E-state index in [9.17, 15) is 13.6 Å². The van der Waals surface area contributed by atoms with E-state index in [4.69, 9.17) is 0 Å². The van der Waals surface area contributed by atoms with E-state index in [1.807, 2.05) is 0 Å². The fourth-order valence-corrected chi connectivity index (χ4v) is 1.13. The largest absolute Gasteiger partial charge is 0.305 e. The van der Waals surface area contributed by atoms with Crippen LogP contribution >= 0.6 is 0 Å². The number of Topliss-reactive ketones (excluding diaryl/α,β-unsaturated/α-hetero) is 1. The lowest BCUT2D eigenvalue weighted by Gasteiger charge is -2.09. The molecule has 0 amide bonds. The number of ketones is 1. The summed E-state index contributed by atoms with van der Waals surface area (Å²) in [6.45, 7) is 0. The smallest absolute Gasteiger partial charge is 0.293 e. The van der Waals surface area contributed by atoms with Gasteiger partial charge in [-0.15, -0.1) is 0 Å². The van der Waals surface area contributed by atoms with Gasteiger partial charge in [0.05, 0.1) is 0 Å². The molecule has 1 aliphatic rings. The molecule has 0 aromatic carbocycles. The maximum Gasteiger partial charge on any atom is 0.305 e. The van der Waals surface area contributed by atoms with E-state index in [0.29, 0.717) is 12.8 Å². The van der Waals surface area contributed by atoms with Gasteiger partial charge in [-0.05, 0) is 12.8 Å². The highest BCUT2D eigenvalue weighted by Crippen LogP contribution is 2.28. The number of rotatable bonds is 0. The van der Waals surface area contributed by atoms with Crippen LogP contribution in [-0.4, -0.2) is 11.7 Å². The first-order valence-corrected chi connectivity index (χ1v) is 3.54. The topological polar surface area (TPSA) is 17.1 Å². The Balaban J connectivity index is 2.61. The summed E-state index contributed by atoms with van der Waals surface area (Å²) in [5.74, 6) is -3.89. The molecule has 0 spiro atoms. The molecule has 1 saturated carbocycles. The summed E-state index contributed by atoms with van der Waals surface area (Å²) in [5.41, 5.74) is 0. The lowest BCUT2D eigenvalue weighted by Crippen LogP contribution is -2.26. The summed E-state index contributed by atoms with van der Waals surface area (Å²) >= 11 is 0. The van der Waals surface area contributed by atoms with Gasteiger partial charge in [0, 0.05) is 12.8 Å². The molecule has 58 valence electrons. The Morgan fingerprint density at radius 1 is 1.20 bits per heavy atom. The highest BCUT2D eigenvalue weighted by atomic mass is 19.3. The van der Waals surface area contributed by atoms with Crippen molar-refractivity contribution in [1.29, 1.82) is 0 Å². The number of halogens is 2. The van der Waals surface area contributed by atoms with Gasteiger partial charge in [-0.3, -0.25) is 4.79 Å². The lowest BCUT2D eigenvalue weighted by atomic mass is 10.1. The quantitative estimate of drug-likeness (QED) is 0.481. The molecule has 0 unspecified atom stereocenters. The fourth-order valence-electron chi connectivity index (χ4n) is 1.13. The minimum absolute atomic E-state index is 0.0625. The Bertz CT molecular complexity index is 143. The van der Waals surface area contributed by atoms with Gasteiger partial charge >= 0.3 is 5.92 Å². The van der Waals surface area contributed by atoms with Crippen molar-refractivity contribution in [2.45, 2.75) is 38.0 Å². The number of carbonyl (C=O) groups excluding carboxylic acids is 1. The molecule has 1 aliphatic carbocycles. The second-order valence-corrected chi connectivity index (χ2v) is 2.69. The van der Waals surface area contributed by atoms with Crippen LogP contribution in [0.4, 0.5) is 8.78 Å². The van der Waals surface area contributed by atoms with Crippen LogP contribution in [-0.2, 0) is 4.79 Å². The molecule has 0 bridgehead atoms. The highest BCUT2D eigenvalue weighted by Gasteiger charge is 2.38. The molecule has 1 fully saturated rings. The Kier molecular flexibility index (Phi) is 2.02. The molecule has 0 N–H and O–H groups in total. The van der Waals surface area contributed by atoms with Crippen LogP contribution in [0.2, 0.25) is 0 Å². The summed E-state index contributed by atoms with van der Waals surface area (Å²) in [5, 5.41) is 0. The van der Waals surface area contributed by atoms with Crippen molar-refractivity contribution in [2.24, 2.45) is 0 Å². The Hall–Kier alpha value is -0.470. The van der Waals surface area contributed by atoms with Crippen molar-refractivity contribution in [2.75, 3.05) is 0 Å². The van der Waals surface area contributed by atoms with Crippen LogP contribution in [0.15, 0.2) is 0 Å². The molecular weight excluding hydrogens is 138 g/mol. The molecule has 0 aromatic rings. The van der Waals surface area contributed by atoms with E-state index < -0.39 is 11.7 Å². The minimum atomic E-state index is -3.02. The van der Waals surface area contributed by atoms with E-state index in [2.05, 4.69) is 0 Å². The molecule has 10 heavy (non-hydrogen) atoms. The Morgan fingerprint density at radius 2 is 1.90 bits per heavy atom. The minimum Gasteiger partial charge on any atom is -0.293 e. The first-order chi connectivity index (χ1) is 4.63. The van der Waals surface area contributed by atoms with Crippen molar-refractivity contribution >= 4 is 5.78 Å². The Labute approximate surface area is 58.4 Å². The third-order valence-electron chi connectivity index (χ3n) is 1.80. The summed E-state index contributed by atoms with van der Waals surface area (Å²) in [4.78, 5) is 10.6. The van der Waals surface area contributed by atoms with Crippen molar-refractivity contribution in [3.05, 3.63) is 0 Å². The van der Waals surface area contributed by atoms with Crippen molar-refractivity contribution in [1.82, 2.24) is 0 Å². The molecule has 0 aliphatic heterocycles. The molecule has 0 heterocycles. The van der Waals surface area contributed by atoms with Gasteiger partial charge in [0.15, 0.2) is 0 Å². The number of carbonyl (C=O) groups is 1. The molecule has 0 saturated heterocycles. The number of hydrogen-bond donors (Lipinski definition) is 0. The van der Waals surface area contributed by atoms with Crippen LogP contribution < -0.4 is 0 Å².